The second kappa shape index (κ2) is 9.03. The van der Waals surface area contributed by atoms with Crippen LogP contribution in [0.3, 0.4) is 0 Å². The Morgan fingerprint density at radius 3 is 2.00 bits per heavy atom. The number of hydrogen-bond acceptors (Lipinski definition) is 0. The lowest BCUT2D eigenvalue weighted by molar-refractivity contribution is 0.562. The third kappa shape index (κ3) is 16.5. The number of rotatable bonds is 1. The summed E-state index contributed by atoms with van der Waals surface area (Å²) >= 11 is 0. The van der Waals surface area contributed by atoms with E-state index in [0.29, 0.717) is 0 Å². The monoisotopic (exact) mass is 96.0 g/mol. The van der Waals surface area contributed by atoms with E-state index < -0.39 is 6.67 Å². The summed E-state index contributed by atoms with van der Waals surface area (Å²) in [5.74, 6) is 0. The van der Waals surface area contributed by atoms with Gasteiger partial charge in [-0.05, 0) is 0 Å². The van der Waals surface area contributed by atoms with Gasteiger partial charge in [0.1, 0.15) is 6.67 Å². The Bertz CT molecular complexity index is 20.9. The Labute approximate surface area is 37.1 Å². The second-order valence-corrected chi connectivity index (χ2v) is 0.443. The Morgan fingerprint density at radius 1 is 1.80 bits per heavy atom. The molecule has 0 nitrogen and oxygen atoms in total. The van der Waals surface area contributed by atoms with Crippen LogP contribution in [-0.4, -0.2) is 6.67 Å². The highest BCUT2D eigenvalue weighted by atomic mass is 35.5. The summed E-state index contributed by atoms with van der Waals surface area (Å²) in [4.78, 5) is 0. The van der Waals surface area contributed by atoms with Crippen LogP contribution in [0, 0.1) is 0 Å². The number of hydrogen-bond donors (Lipinski definition) is 0. The van der Waals surface area contributed by atoms with Gasteiger partial charge in [-0.1, -0.05) is 6.08 Å². The Morgan fingerprint density at radius 2 is 2.00 bits per heavy atom. The van der Waals surface area contributed by atoms with Gasteiger partial charge in [0.2, 0.25) is 0 Å². The van der Waals surface area contributed by atoms with E-state index >= 15 is 0 Å². The lowest BCUT2D eigenvalue weighted by Gasteiger charge is -1.54. The maximum atomic E-state index is 10.6. The van der Waals surface area contributed by atoms with Crippen molar-refractivity contribution in [2.45, 2.75) is 0 Å². The molecule has 0 aromatic carbocycles. The molecule has 0 saturated heterocycles. The van der Waals surface area contributed by atoms with Crippen molar-refractivity contribution in [2.75, 3.05) is 6.67 Å². The predicted molar refractivity (Wildman–Crippen MR) is 23.4 cm³/mol. The average molecular weight is 96.5 g/mol. The van der Waals surface area contributed by atoms with Crippen LogP contribution in [0.1, 0.15) is 0 Å². The Kier molecular flexibility index (Phi) is 16.0. The van der Waals surface area contributed by atoms with Crippen molar-refractivity contribution in [3.05, 3.63) is 12.7 Å². The molecule has 0 aliphatic rings. The first-order valence-corrected chi connectivity index (χ1v) is 1.08. The van der Waals surface area contributed by atoms with Gasteiger partial charge in [-0.2, -0.15) is 0 Å². The highest BCUT2D eigenvalue weighted by Crippen LogP contribution is 1.58. The largest absolute Gasteiger partial charge is 0.247 e. The van der Waals surface area contributed by atoms with Gasteiger partial charge in [0.15, 0.2) is 0 Å². The van der Waals surface area contributed by atoms with Gasteiger partial charge in [-0.25, -0.2) is 4.39 Å². The summed E-state index contributed by atoms with van der Waals surface area (Å²) < 4.78 is 10.6. The lowest BCUT2D eigenvalue weighted by Crippen LogP contribution is -1.48. The van der Waals surface area contributed by atoms with Crippen LogP contribution >= 0.6 is 12.4 Å². The number of allylic oxidation sites excluding steroid dienone is 1. The standard InChI is InChI=1S/C3H5F.ClH/c1-2-3-4;/h2H,1,3H2;1H. The van der Waals surface area contributed by atoms with Gasteiger partial charge in [0.25, 0.3) is 0 Å². The molecule has 0 aromatic heterocycles. The molecule has 0 rings (SSSR count). The normalized spacial score (nSPS) is 5.00. The topological polar surface area (TPSA) is 0 Å². The Balaban J connectivity index is 0. The molecule has 0 heterocycles. The summed E-state index contributed by atoms with van der Waals surface area (Å²) in [7, 11) is 0. The van der Waals surface area contributed by atoms with Gasteiger partial charge in [0.05, 0.1) is 0 Å². The van der Waals surface area contributed by atoms with E-state index in [4.69, 9.17) is 0 Å². The van der Waals surface area contributed by atoms with Crippen LogP contribution in [0.2, 0.25) is 0 Å². The fourth-order valence-electron chi connectivity index (χ4n) is 0. The van der Waals surface area contributed by atoms with Gasteiger partial charge < -0.3 is 0 Å². The van der Waals surface area contributed by atoms with Crippen molar-refractivity contribution < 1.29 is 4.39 Å². The molecule has 5 heavy (non-hydrogen) atoms. The summed E-state index contributed by atoms with van der Waals surface area (Å²) in [5.41, 5.74) is 0. The first-order valence-electron chi connectivity index (χ1n) is 1.08. The van der Waals surface area contributed by atoms with E-state index in [-0.39, 0.29) is 12.4 Å². The van der Waals surface area contributed by atoms with E-state index in [1.165, 1.54) is 6.08 Å². The predicted octanol–water partition coefficient (Wildman–Crippen LogP) is 1.56. The zero-order valence-corrected chi connectivity index (χ0v) is 3.59. The van der Waals surface area contributed by atoms with Gasteiger partial charge in [0, 0.05) is 0 Å². The molecule has 0 aromatic rings. The smallest absolute Gasteiger partial charge is 0.107 e. The summed E-state index contributed by atoms with van der Waals surface area (Å²) in [6.07, 6.45) is 1.21. The molecule has 0 bridgehead atoms. The minimum Gasteiger partial charge on any atom is -0.247 e. The fourth-order valence-corrected chi connectivity index (χ4v) is 0. The quantitative estimate of drug-likeness (QED) is 0.435. The highest BCUT2D eigenvalue weighted by Gasteiger charge is 1.49. The zero-order chi connectivity index (χ0) is 3.41. The van der Waals surface area contributed by atoms with E-state index in [1.807, 2.05) is 0 Å². The van der Waals surface area contributed by atoms with Crippen molar-refractivity contribution in [2.24, 2.45) is 0 Å². The fraction of sp³-hybridized carbons (Fsp3) is 0.333. The van der Waals surface area contributed by atoms with E-state index in [2.05, 4.69) is 6.58 Å². The van der Waals surface area contributed by atoms with Gasteiger partial charge in [-0.15, -0.1) is 19.0 Å². The highest BCUT2D eigenvalue weighted by molar-refractivity contribution is 5.85. The van der Waals surface area contributed by atoms with Crippen molar-refractivity contribution >= 4 is 12.4 Å². The molecule has 0 aliphatic carbocycles. The molecule has 0 amide bonds. The minimum atomic E-state index is -0.417. The van der Waals surface area contributed by atoms with Crippen LogP contribution in [-0.2, 0) is 0 Å². The van der Waals surface area contributed by atoms with Crippen molar-refractivity contribution in [1.29, 1.82) is 0 Å². The maximum absolute atomic E-state index is 10.6. The first-order chi connectivity index (χ1) is 1.91. The van der Waals surface area contributed by atoms with Gasteiger partial charge >= 0.3 is 0 Å². The molecule has 0 unspecified atom stereocenters. The van der Waals surface area contributed by atoms with Crippen LogP contribution in [0.25, 0.3) is 0 Å². The molecule has 0 atom stereocenters. The molecule has 32 valence electrons. The van der Waals surface area contributed by atoms with Crippen LogP contribution in [0.15, 0.2) is 12.7 Å². The maximum Gasteiger partial charge on any atom is 0.107 e. The Hall–Kier alpha value is -0.0400. The van der Waals surface area contributed by atoms with E-state index in [0.717, 1.165) is 0 Å². The van der Waals surface area contributed by atoms with Crippen LogP contribution in [0.4, 0.5) is 4.39 Å². The van der Waals surface area contributed by atoms with Crippen molar-refractivity contribution in [3.8, 4) is 0 Å². The zero-order valence-electron chi connectivity index (χ0n) is 2.78. The van der Waals surface area contributed by atoms with Crippen LogP contribution < -0.4 is 0 Å². The third-order valence-corrected chi connectivity index (χ3v) is 0.109. The molecule has 0 spiro atoms. The van der Waals surface area contributed by atoms with E-state index in [1.54, 1.807) is 0 Å². The first kappa shape index (κ1) is 8.88. The number of halogens is 2. The summed E-state index contributed by atoms with van der Waals surface area (Å²) in [6, 6.07) is 0. The van der Waals surface area contributed by atoms with Crippen molar-refractivity contribution in [3.63, 3.8) is 0 Å². The van der Waals surface area contributed by atoms with Gasteiger partial charge in [-0.3, -0.25) is 0 Å². The van der Waals surface area contributed by atoms with Crippen LogP contribution in [0.5, 0.6) is 0 Å². The average Bonchev–Trinajstić information content (AvgIpc) is 1.37. The third-order valence-electron chi connectivity index (χ3n) is 0.109. The van der Waals surface area contributed by atoms with Crippen molar-refractivity contribution in [1.82, 2.24) is 0 Å². The molecule has 0 aliphatic heterocycles. The molecule has 0 radical (unpaired) electrons. The molecule has 0 N–H and O–H groups in total. The second-order valence-electron chi connectivity index (χ2n) is 0.443. The lowest BCUT2D eigenvalue weighted by atomic mass is 10.7. The molecular formula is C3H6ClF. The minimum absolute atomic E-state index is 0. The molecule has 0 fully saturated rings. The molecular weight excluding hydrogens is 90.5 g/mol. The summed E-state index contributed by atoms with van der Waals surface area (Å²) in [6.45, 7) is 2.69. The molecule has 0 saturated carbocycles. The summed E-state index contributed by atoms with van der Waals surface area (Å²) in [5, 5.41) is 0. The number of alkyl halides is 1. The van der Waals surface area contributed by atoms with E-state index in [9.17, 15) is 4.39 Å². The molecule has 2 heteroatoms. The SMILES string of the molecule is C=CCF.Cl.